The summed E-state index contributed by atoms with van der Waals surface area (Å²) in [6, 6.07) is 10.4. The van der Waals surface area contributed by atoms with E-state index in [-0.39, 0.29) is 0 Å². The van der Waals surface area contributed by atoms with Crippen LogP contribution in [0, 0.1) is 13.8 Å². The quantitative estimate of drug-likeness (QED) is 0.476. The van der Waals surface area contributed by atoms with Crippen LogP contribution < -0.4 is 4.90 Å². The van der Waals surface area contributed by atoms with Gasteiger partial charge in [0.05, 0.1) is 11.1 Å². The van der Waals surface area contributed by atoms with Crippen molar-refractivity contribution in [2.75, 3.05) is 31.1 Å². The average molecular weight is 422 g/mol. The van der Waals surface area contributed by atoms with Crippen LogP contribution in [0.2, 0.25) is 0 Å². The molecule has 0 radical (unpaired) electrons. The number of rotatable bonds is 4. The number of hydrogen-bond donors (Lipinski definition) is 0. The summed E-state index contributed by atoms with van der Waals surface area (Å²) in [7, 11) is 0. The lowest BCUT2D eigenvalue weighted by Crippen LogP contribution is -2.46. The molecule has 1 aliphatic rings. The second kappa shape index (κ2) is 7.82. The molecule has 5 nitrogen and oxygen atoms in total. The lowest BCUT2D eigenvalue weighted by atomic mass is 10.2. The van der Waals surface area contributed by atoms with Crippen LogP contribution >= 0.6 is 22.7 Å². The first-order valence-corrected chi connectivity index (χ1v) is 11.6. The fraction of sp³-hybridized carbons (Fsp3) is 0.318. The fourth-order valence-electron chi connectivity index (χ4n) is 3.84. The third-order valence-electron chi connectivity index (χ3n) is 5.58. The molecule has 4 heterocycles. The highest BCUT2D eigenvalue weighted by atomic mass is 32.1. The maximum absolute atomic E-state index is 4.85. The van der Waals surface area contributed by atoms with Crippen molar-refractivity contribution in [3.8, 4) is 10.6 Å². The summed E-state index contributed by atoms with van der Waals surface area (Å²) in [5, 5.41) is 4.53. The number of fused-ring (bicyclic) bond motifs is 1. The molecule has 0 atom stereocenters. The van der Waals surface area contributed by atoms with E-state index in [1.54, 1.807) is 29.0 Å². The molecular weight excluding hydrogens is 398 g/mol. The summed E-state index contributed by atoms with van der Waals surface area (Å²) in [6.07, 6.45) is 1.71. The molecule has 0 N–H and O–H groups in total. The summed E-state index contributed by atoms with van der Waals surface area (Å²) >= 11 is 3.49. The maximum Gasteiger partial charge on any atom is 0.141 e. The molecule has 1 saturated heterocycles. The highest BCUT2D eigenvalue weighted by molar-refractivity contribution is 7.18. The molecule has 29 heavy (non-hydrogen) atoms. The molecule has 3 aromatic heterocycles. The minimum absolute atomic E-state index is 0.910. The van der Waals surface area contributed by atoms with Crippen LogP contribution in [0.1, 0.15) is 16.1 Å². The normalized spacial score (nSPS) is 15.3. The SMILES string of the molecule is Cc1sc2ncnc(N3CCN(Cc4csc(-c5ccccc5)n4)CC3)c2c1C. The number of aryl methyl sites for hydroxylation is 2. The van der Waals surface area contributed by atoms with Crippen molar-refractivity contribution in [1.82, 2.24) is 19.9 Å². The Morgan fingerprint density at radius 2 is 1.79 bits per heavy atom. The molecule has 0 bridgehead atoms. The Morgan fingerprint density at radius 3 is 2.59 bits per heavy atom. The minimum atomic E-state index is 0.910. The highest BCUT2D eigenvalue weighted by Gasteiger charge is 2.22. The van der Waals surface area contributed by atoms with Gasteiger partial charge in [0.1, 0.15) is 22.0 Å². The van der Waals surface area contributed by atoms with E-state index in [1.165, 1.54) is 21.4 Å². The monoisotopic (exact) mass is 421 g/mol. The van der Waals surface area contributed by atoms with E-state index in [0.29, 0.717) is 0 Å². The zero-order valence-corrected chi connectivity index (χ0v) is 18.3. The Labute approximate surface area is 178 Å². The maximum atomic E-state index is 4.85. The first-order chi connectivity index (χ1) is 14.2. The van der Waals surface area contributed by atoms with Crippen molar-refractivity contribution >= 4 is 38.7 Å². The summed E-state index contributed by atoms with van der Waals surface area (Å²) in [6.45, 7) is 9.27. The van der Waals surface area contributed by atoms with Gasteiger partial charge >= 0.3 is 0 Å². The van der Waals surface area contributed by atoms with Crippen LogP contribution in [-0.4, -0.2) is 46.0 Å². The summed E-state index contributed by atoms with van der Waals surface area (Å²) in [5.74, 6) is 1.09. The number of nitrogens with zero attached hydrogens (tertiary/aromatic N) is 5. The van der Waals surface area contributed by atoms with E-state index < -0.39 is 0 Å². The van der Waals surface area contributed by atoms with Gasteiger partial charge in [0.2, 0.25) is 0 Å². The number of anilines is 1. The minimum Gasteiger partial charge on any atom is -0.353 e. The molecule has 0 aliphatic carbocycles. The number of aromatic nitrogens is 3. The third kappa shape index (κ3) is 3.66. The molecule has 148 valence electrons. The molecule has 4 aromatic rings. The number of benzene rings is 1. The molecule has 0 unspecified atom stereocenters. The average Bonchev–Trinajstić information content (AvgIpc) is 3.34. The van der Waals surface area contributed by atoms with Gasteiger partial charge in [0.15, 0.2) is 0 Å². The van der Waals surface area contributed by atoms with Crippen LogP contribution in [0.4, 0.5) is 5.82 Å². The van der Waals surface area contributed by atoms with Gasteiger partial charge in [0, 0.05) is 48.5 Å². The largest absolute Gasteiger partial charge is 0.353 e. The van der Waals surface area contributed by atoms with Gasteiger partial charge in [-0.2, -0.15) is 0 Å². The van der Waals surface area contributed by atoms with E-state index >= 15 is 0 Å². The smallest absolute Gasteiger partial charge is 0.141 e. The predicted octanol–water partition coefficient (Wildman–Crippen LogP) is 4.75. The van der Waals surface area contributed by atoms with Gasteiger partial charge in [-0.25, -0.2) is 15.0 Å². The topological polar surface area (TPSA) is 45.2 Å². The second-order valence-corrected chi connectivity index (χ2v) is 9.50. The molecule has 7 heteroatoms. The summed E-state index contributed by atoms with van der Waals surface area (Å²) < 4.78 is 0. The van der Waals surface area contributed by atoms with Crippen molar-refractivity contribution in [2.45, 2.75) is 20.4 Å². The van der Waals surface area contributed by atoms with E-state index in [4.69, 9.17) is 4.98 Å². The number of thiophene rings is 1. The predicted molar refractivity (Wildman–Crippen MR) is 122 cm³/mol. The third-order valence-corrected chi connectivity index (χ3v) is 7.63. The summed E-state index contributed by atoms with van der Waals surface area (Å²) in [4.78, 5) is 21.3. The number of piperazine rings is 1. The molecule has 1 fully saturated rings. The zero-order valence-electron chi connectivity index (χ0n) is 16.6. The fourth-order valence-corrected chi connectivity index (χ4v) is 5.65. The number of thiazole rings is 1. The van der Waals surface area contributed by atoms with Crippen LogP contribution in [0.3, 0.4) is 0 Å². The molecule has 0 amide bonds. The van der Waals surface area contributed by atoms with Crippen molar-refractivity contribution in [3.05, 3.63) is 58.2 Å². The molecule has 1 aromatic carbocycles. The van der Waals surface area contributed by atoms with Crippen molar-refractivity contribution in [3.63, 3.8) is 0 Å². The Balaban J connectivity index is 1.26. The van der Waals surface area contributed by atoms with Gasteiger partial charge in [-0.3, -0.25) is 4.90 Å². The Bertz CT molecular complexity index is 1130. The zero-order chi connectivity index (χ0) is 19.8. The Morgan fingerprint density at radius 1 is 1.00 bits per heavy atom. The Kier molecular flexibility index (Phi) is 5.03. The summed E-state index contributed by atoms with van der Waals surface area (Å²) in [5.41, 5.74) is 3.68. The van der Waals surface area contributed by atoms with Crippen molar-refractivity contribution in [1.29, 1.82) is 0 Å². The van der Waals surface area contributed by atoms with E-state index in [9.17, 15) is 0 Å². The van der Waals surface area contributed by atoms with Crippen molar-refractivity contribution < 1.29 is 0 Å². The van der Waals surface area contributed by atoms with Crippen LogP contribution in [0.5, 0.6) is 0 Å². The van der Waals surface area contributed by atoms with E-state index in [2.05, 4.69) is 63.3 Å². The van der Waals surface area contributed by atoms with Crippen LogP contribution in [0.15, 0.2) is 42.0 Å². The molecule has 0 saturated carbocycles. The lowest BCUT2D eigenvalue weighted by Gasteiger charge is -2.35. The first kappa shape index (κ1) is 18.7. The van der Waals surface area contributed by atoms with Gasteiger partial charge in [-0.1, -0.05) is 30.3 Å². The van der Waals surface area contributed by atoms with Gasteiger partial charge in [-0.15, -0.1) is 22.7 Å². The highest BCUT2D eigenvalue weighted by Crippen LogP contribution is 2.34. The first-order valence-electron chi connectivity index (χ1n) is 9.87. The molecule has 1 aliphatic heterocycles. The lowest BCUT2D eigenvalue weighted by molar-refractivity contribution is 0.247. The van der Waals surface area contributed by atoms with E-state index in [0.717, 1.165) is 54.1 Å². The number of hydrogen-bond acceptors (Lipinski definition) is 7. The van der Waals surface area contributed by atoms with E-state index in [1.807, 2.05) is 6.07 Å². The van der Waals surface area contributed by atoms with Crippen molar-refractivity contribution in [2.24, 2.45) is 0 Å². The second-order valence-electron chi connectivity index (χ2n) is 7.43. The standard InChI is InChI=1S/C22H23N5S2/c1-15-16(2)29-22-19(15)20(23-14-24-22)27-10-8-26(9-11-27)12-18-13-28-21(25-18)17-6-4-3-5-7-17/h3-7,13-14H,8-12H2,1-2H3. The molecule has 0 spiro atoms. The van der Waals surface area contributed by atoms with Gasteiger partial charge in [-0.05, 0) is 19.4 Å². The molecular formula is C22H23N5S2. The van der Waals surface area contributed by atoms with Crippen LogP contribution in [-0.2, 0) is 6.54 Å². The van der Waals surface area contributed by atoms with Gasteiger partial charge < -0.3 is 4.90 Å². The molecule has 5 rings (SSSR count). The Hall–Kier alpha value is -2.35. The van der Waals surface area contributed by atoms with Gasteiger partial charge in [0.25, 0.3) is 0 Å². The van der Waals surface area contributed by atoms with Crippen LogP contribution in [0.25, 0.3) is 20.8 Å².